The van der Waals surface area contributed by atoms with Crippen molar-refractivity contribution in [3.8, 4) is 22.3 Å². The number of aliphatic imine (C=N–C) groups is 1. The smallest absolute Gasteiger partial charge is 0.143 e. The molecule has 0 amide bonds. The predicted molar refractivity (Wildman–Crippen MR) is 275 cm³/mol. The van der Waals surface area contributed by atoms with E-state index >= 15 is 0 Å². The minimum Gasteiger partial charge on any atom is -0.456 e. The summed E-state index contributed by atoms with van der Waals surface area (Å²) < 4.78 is 16.0. The molecule has 0 bridgehead atoms. The zero-order chi connectivity index (χ0) is 43.2. The topological polar surface area (TPSA) is 38.6 Å². The van der Waals surface area contributed by atoms with Gasteiger partial charge in [-0.05, 0) is 106 Å². The van der Waals surface area contributed by atoms with E-state index in [2.05, 4.69) is 196 Å². The first-order valence-electron chi connectivity index (χ1n) is 22.7. The number of allylic oxidation sites excluding steroid dienone is 1. The van der Waals surface area contributed by atoms with E-state index in [1.54, 1.807) is 0 Å². The molecule has 0 saturated carbocycles. The first kappa shape index (κ1) is 38.0. The summed E-state index contributed by atoms with van der Waals surface area (Å²) in [6, 6.07) is 68.2. The third-order valence-electron chi connectivity index (χ3n) is 13.9. The van der Waals surface area contributed by atoms with Crippen molar-refractivity contribution in [3.63, 3.8) is 0 Å². The number of nitrogens with zero attached hydrogens (tertiary/aromatic N) is 1. The molecule has 12 aromatic rings. The molecule has 310 valence electrons. The Balaban J connectivity index is 0.998. The Labute approximate surface area is 380 Å². The van der Waals surface area contributed by atoms with E-state index in [9.17, 15) is 0 Å². The lowest BCUT2D eigenvalue weighted by Gasteiger charge is -2.27. The van der Waals surface area contributed by atoms with Crippen molar-refractivity contribution in [1.29, 1.82) is 0 Å². The molecule has 2 atom stereocenters. The lowest BCUT2D eigenvalue weighted by molar-refractivity contribution is 0.524. The number of thiophene rings is 1. The second-order valence-electron chi connectivity index (χ2n) is 17.6. The van der Waals surface area contributed by atoms with Gasteiger partial charge in [0.2, 0.25) is 0 Å². The third kappa shape index (κ3) is 6.12. The van der Waals surface area contributed by atoms with Gasteiger partial charge in [0.25, 0.3) is 0 Å². The van der Waals surface area contributed by atoms with E-state index in [0.29, 0.717) is 0 Å². The molecular weight excluding hydrogens is 811 g/mol. The average molecular weight is 854 g/mol. The lowest BCUT2D eigenvalue weighted by atomic mass is 9.80. The highest BCUT2D eigenvalue weighted by molar-refractivity contribution is 7.25. The van der Waals surface area contributed by atoms with Crippen LogP contribution >= 0.6 is 11.3 Å². The molecule has 1 aliphatic rings. The van der Waals surface area contributed by atoms with Crippen molar-refractivity contribution in [3.05, 3.63) is 210 Å². The Morgan fingerprint density at radius 3 is 2.11 bits per heavy atom. The van der Waals surface area contributed by atoms with Gasteiger partial charge in [-0.3, -0.25) is 4.99 Å². The molecule has 0 saturated heterocycles. The summed E-state index contributed by atoms with van der Waals surface area (Å²) in [6.45, 7) is 4.63. The zero-order valence-corrected chi connectivity index (χ0v) is 37.0. The molecule has 9 aromatic carbocycles. The van der Waals surface area contributed by atoms with Gasteiger partial charge >= 0.3 is 0 Å². The van der Waals surface area contributed by atoms with Crippen molar-refractivity contribution in [2.75, 3.05) is 0 Å². The van der Waals surface area contributed by atoms with Gasteiger partial charge in [0.15, 0.2) is 0 Å². The highest BCUT2D eigenvalue weighted by atomic mass is 32.1. The van der Waals surface area contributed by atoms with Crippen LogP contribution in [0.1, 0.15) is 49.4 Å². The van der Waals surface area contributed by atoms with E-state index in [1.807, 2.05) is 17.4 Å². The van der Waals surface area contributed by atoms with Crippen molar-refractivity contribution < 1.29 is 8.83 Å². The van der Waals surface area contributed by atoms with E-state index in [0.717, 1.165) is 84.7 Å². The molecule has 4 heterocycles. The first-order chi connectivity index (χ1) is 32.1. The maximum absolute atomic E-state index is 6.92. The summed E-state index contributed by atoms with van der Waals surface area (Å²) in [4.78, 5) is 5.90. The number of rotatable bonds is 6. The largest absolute Gasteiger partial charge is 0.456 e. The quantitative estimate of drug-likeness (QED) is 0.167. The number of benzene rings is 9. The number of fused-ring (bicyclic) bond motifs is 10. The summed E-state index contributed by atoms with van der Waals surface area (Å²) in [5.74, 6) is 0.163. The van der Waals surface area contributed by atoms with Crippen LogP contribution in [0, 0.1) is 5.92 Å². The molecule has 0 spiro atoms. The van der Waals surface area contributed by atoms with Crippen LogP contribution in [-0.4, -0.2) is 5.71 Å². The van der Waals surface area contributed by atoms with Gasteiger partial charge in [-0.25, -0.2) is 0 Å². The summed E-state index contributed by atoms with van der Waals surface area (Å²) in [5.41, 5.74) is 15.6. The molecule has 4 heteroatoms. The molecular formula is C61H43NO2S. The van der Waals surface area contributed by atoms with Gasteiger partial charge in [-0.15, -0.1) is 11.3 Å². The fraction of sp³-hybridized carbons (Fsp3) is 0.0984. The Hall–Kier alpha value is -7.53. The molecule has 0 fully saturated rings. The molecule has 3 nitrogen and oxygen atoms in total. The molecule has 2 unspecified atom stereocenters. The van der Waals surface area contributed by atoms with E-state index in [1.165, 1.54) is 58.8 Å². The monoisotopic (exact) mass is 853 g/mol. The van der Waals surface area contributed by atoms with Gasteiger partial charge in [0.1, 0.15) is 22.3 Å². The van der Waals surface area contributed by atoms with Gasteiger partial charge in [-0.1, -0.05) is 158 Å². The Morgan fingerprint density at radius 1 is 0.508 bits per heavy atom. The average Bonchev–Trinajstić information content (AvgIpc) is 4.02. The van der Waals surface area contributed by atoms with Crippen molar-refractivity contribution >= 4 is 97.4 Å². The maximum atomic E-state index is 6.92. The summed E-state index contributed by atoms with van der Waals surface area (Å²) in [5, 5.41) is 9.51. The number of furan rings is 2. The molecule has 0 radical (unpaired) electrons. The number of para-hydroxylation sites is 2. The van der Waals surface area contributed by atoms with Crippen LogP contribution in [0.25, 0.3) is 103 Å². The molecule has 13 rings (SSSR count). The van der Waals surface area contributed by atoms with E-state index in [4.69, 9.17) is 13.8 Å². The van der Waals surface area contributed by atoms with E-state index in [-0.39, 0.29) is 12.0 Å². The Bertz CT molecular complexity index is 3940. The highest BCUT2D eigenvalue weighted by Gasteiger charge is 2.32. The minimum atomic E-state index is -0.123. The first-order valence-corrected chi connectivity index (χ1v) is 23.5. The van der Waals surface area contributed by atoms with Crippen LogP contribution in [0.3, 0.4) is 0 Å². The molecule has 0 aliphatic carbocycles. The molecule has 65 heavy (non-hydrogen) atoms. The van der Waals surface area contributed by atoms with Crippen LogP contribution < -0.4 is 0 Å². The second kappa shape index (κ2) is 15.0. The summed E-state index contributed by atoms with van der Waals surface area (Å²) >= 11 is 1.85. The summed E-state index contributed by atoms with van der Waals surface area (Å²) in [6.07, 6.45) is 1.69. The molecule has 1 aliphatic heterocycles. The van der Waals surface area contributed by atoms with Gasteiger partial charge < -0.3 is 8.83 Å². The van der Waals surface area contributed by atoms with Crippen molar-refractivity contribution in [1.82, 2.24) is 0 Å². The third-order valence-corrected chi connectivity index (χ3v) is 15.0. The zero-order valence-electron chi connectivity index (χ0n) is 36.1. The van der Waals surface area contributed by atoms with Gasteiger partial charge in [0.05, 0.1) is 6.04 Å². The highest BCUT2D eigenvalue weighted by Crippen LogP contribution is 2.47. The Morgan fingerprint density at radius 2 is 1.22 bits per heavy atom. The van der Waals surface area contributed by atoms with Crippen LogP contribution in [0.15, 0.2) is 207 Å². The van der Waals surface area contributed by atoms with Crippen molar-refractivity contribution in [2.45, 2.75) is 32.7 Å². The number of hydrogen-bond donors (Lipinski definition) is 0. The standard InChI is InChI=1S/C61H43NO2S/c1-3-42-58(37-15-5-4-6-16-37)36(2)31-52(62-60(42)40-28-29-46-45-19-9-11-24-53(45)63-55(46)34-40)41-32-38-17-7-8-18-43(38)51(33-41)49-22-14-25-54-59(49)50-23-13-21-44(61(50)64-54)39-27-30-48-47-20-10-12-26-56(47)65-57(48)35-39/h4-30,32-35,42,60H,3,31H2,1-2H3. The maximum Gasteiger partial charge on any atom is 0.143 e. The van der Waals surface area contributed by atoms with Crippen LogP contribution in [0.2, 0.25) is 0 Å². The fourth-order valence-corrected chi connectivity index (χ4v) is 12.1. The minimum absolute atomic E-state index is 0.123. The lowest BCUT2D eigenvalue weighted by Crippen LogP contribution is -2.13. The van der Waals surface area contributed by atoms with Gasteiger partial charge in [-0.2, -0.15) is 0 Å². The normalized spacial score (nSPS) is 15.9. The summed E-state index contributed by atoms with van der Waals surface area (Å²) in [7, 11) is 0. The SMILES string of the molecule is CCC1C(c2ccccc2)=C(C)CC(c2cc(-c3cccc4oc5c(-c6ccc7c(c6)sc6ccccc67)cccc5c34)c3ccccc3c2)=NC1c1ccc2c(c1)oc1ccccc12. The molecule has 3 aromatic heterocycles. The van der Waals surface area contributed by atoms with E-state index < -0.39 is 0 Å². The van der Waals surface area contributed by atoms with Crippen molar-refractivity contribution in [2.24, 2.45) is 10.9 Å². The van der Waals surface area contributed by atoms with Gasteiger partial charge in [0, 0.05) is 65.3 Å². The predicted octanol–water partition coefficient (Wildman–Crippen LogP) is 17.8. The van der Waals surface area contributed by atoms with Crippen LogP contribution in [-0.2, 0) is 0 Å². The second-order valence-corrected chi connectivity index (χ2v) is 18.7. The van der Waals surface area contributed by atoms with Crippen LogP contribution in [0.5, 0.6) is 0 Å². The Kier molecular flexibility index (Phi) is 8.79. The van der Waals surface area contributed by atoms with Crippen LogP contribution in [0.4, 0.5) is 0 Å². The fourth-order valence-electron chi connectivity index (χ4n) is 10.9. The number of hydrogen-bond acceptors (Lipinski definition) is 4. The molecule has 0 N–H and O–H groups in total.